The second kappa shape index (κ2) is 9.69. The van der Waals surface area contributed by atoms with Crippen LogP contribution in [0.2, 0.25) is 0 Å². The van der Waals surface area contributed by atoms with Crippen LogP contribution < -0.4 is 0 Å². The fraction of sp³-hybridized carbons (Fsp3) is 1.00. The van der Waals surface area contributed by atoms with Crippen LogP contribution in [0.5, 0.6) is 0 Å². The lowest BCUT2D eigenvalue weighted by atomic mass is 10.5. The van der Waals surface area contributed by atoms with E-state index < -0.39 is 0 Å². The molecule has 0 aliphatic rings. The summed E-state index contributed by atoms with van der Waals surface area (Å²) in [4.78, 5) is 11.7. The van der Waals surface area contributed by atoms with E-state index in [1.807, 2.05) is 0 Å². The zero-order valence-electron chi connectivity index (χ0n) is 13.5. The van der Waals surface area contributed by atoms with Gasteiger partial charge in [0.05, 0.1) is 26.7 Å². The topological polar surface area (TPSA) is 16.2 Å². The molecule has 0 saturated carbocycles. The van der Waals surface area contributed by atoms with Gasteiger partial charge in [-0.15, -0.1) is 0 Å². The van der Waals surface area contributed by atoms with E-state index in [0.717, 1.165) is 39.8 Å². The summed E-state index contributed by atoms with van der Waals surface area (Å²) in [7, 11) is 10.7. The van der Waals surface area contributed by atoms with Crippen molar-refractivity contribution in [2.45, 2.75) is 13.8 Å². The fourth-order valence-electron chi connectivity index (χ4n) is 2.02. The molecule has 0 aromatic heterocycles. The molecule has 0 rings (SSSR count). The number of hydrogen-bond donors (Lipinski definition) is 0. The van der Waals surface area contributed by atoms with Crippen molar-refractivity contribution in [3.05, 3.63) is 0 Å². The van der Waals surface area contributed by atoms with Gasteiger partial charge in [0.2, 0.25) is 0 Å². The second-order valence-corrected chi connectivity index (χ2v) is 5.56. The molecular formula is C13H33N5. The predicted molar refractivity (Wildman–Crippen MR) is 79.4 cm³/mol. The third kappa shape index (κ3) is 8.83. The van der Waals surface area contributed by atoms with Crippen LogP contribution in [0.3, 0.4) is 0 Å². The van der Waals surface area contributed by atoms with E-state index in [4.69, 9.17) is 0 Å². The molecule has 0 aromatic carbocycles. The normalized spacial score (nSPS) is 12.7. The summed E-state index contributed by atoms with van der Waals surface area (Å²) < 4.78 is 0. The molecule has 0 heterocycles. The van der Waals surface area contributed by atoms with Crippen molar-refractivity contribution in [3.8, 4) is 0 Å². The van der Waals surface area contributed by atoms with Crippen molar-refractivity contribution in [3.63, 3.8) is 0 Å². The molecule has 0 N–H and O–H groups in total. The van der Waals surface area contributed by atoms with Gasteiger partial charge < -0.3 is 0 Å². The summed E-state index contributed by atoms with van der Waals surface area (Å²) in [5, 5.41) is 0. The van der Waals surface area contributed by atoms with Crippen molar-refractivity contribution in [2.75, 3.05) is 75.0 Å². The van der Waals surface area contributed by atoms with Crippen LogP contribution in [0.4, 0.5) is 0 Å². The molecule has 5 heteroatoms. The van der Waals surface area contributed by atoms with Crippen molar-refractivity contribution in [1.82, 2.24) is 24.5 Å². The third-order valence-corrected chi connectivity index (χ3v) is 2.74. The first-order valence-corrected chi connectivity index (χ1v) is 6.81. The largest absolute Gasteiger partial charge is 0.297 e. The Balaban J connectivity index is 4.08. The molecule has 0 bridgehead atoms. The van der Waals surface area contributed by atoms with Gasteiger partial charge in [0.15, 0.2) is 0 Å². The van der Waals surface area contributed by atoms with Gasteiger partial charge in [0.25, 0.3) is 0 Å². The molecule has 0 aromatic rings. The van der Waals surface area contributed by atoms with Crippen LogP contribution in [0, 0.1) is 0 Å². The van der Waals surface area contributed by atoms with Crippen molar-refractivity contribution >= 4 is 0 Å². The highest BCUT2D eigenvalue weighted by Gasteiger charge is 2.10. The van der Waals surface area contributed by atoms with Gasteiger partial charge in [0, 0.05) is 0 Å². The van der Waals surface area contributed by atoms with Crippen LogP contribution in [0.1, 0.15) is 13.8 Å². The quantitative estimate of drug-likeness (QED) is 0.530. The Morgan fingerprint density at radius 2 is 0.889 bits per heavy atom. The summed E-state index contributed by atoms with van der Waals surface area (Å²) in [6, 6.07) is 0. The molecule has 0 unspecified atom stereocenters. The fourth-order valence-corrected chi connectivity index (χ4v) is 2.02. The molecule has 0 aliphatic carbocycles. The summed E-state index contributed by atoms with van der Waals surface area (Å²) in [5.41, 5.74) is 0. The van der Waals surface area contributed by atoms with E-state index >= 15 is 0 Å². The average Bonchev–Trinajstić information content (AvgIpc) is 2.25. The Labute approximate surface area is 114 Å². The number of rotatable bonds is 10. The Bertz CT molecular complexity index is 176. The lowest BCUT2D eigenvalue weighted by Crippen LogP contribution is -2.46. The van der Waals surface area contributed by atoms with E-state index in [-0.39, 0.29) is 0 Å². The summed E-state index contributed by atoms with van der Waals surface area (Å²) >= 11 is 0. The highest BCUT2D eigenvalue weighted by molar-refractivity contribution is 4.57. The monoisotopic (exact) mass is 259 g/mol. The van der Waals surface area contributed by atoms with Crippen LogP contribution in [-0.4, -0.2) is 99.5 Å². The minimum Gasteiger partial charge on any atom is -0.297 e. The van der Waals surface area contributed by atoms with Crippen molar-refractivity contribution in [2.24, 2.45) is 0 Å². The average molecular weight is 259 g/mol. The number of nitrogens with zero attached hydrogens (tertiary/aromatic N) is 5. The zero-order chi connectivity index (χ0) is 14.1. The minimum absolute atomic E-state index is 1.01. The molecule has 0 fully saturated rings. The van der Waals surface area contributed by atoms with Gasteiger partial charge in [0.1, 0.15) is 0 Å². The van der Waals surface area contributed by atoms with Crippen molar-refractivity contribution in [1.29, 1.82) is 0 Å². The van der Waals surface area contributed by atoms with Crippen molar-refractivity contribution < 1.29 is 0 Å². The van der Waals surface area contributed by atoms with Crippen LogP contribution >= 0.6 is 0 Å². The summed E-state index contributed by atoms with van der Waals surface area (Å²) in [6.45, 7) is 10.7. The van der Waals surface area contributed by atoms with E-state index in [1.54, 1.807) is 0 Å². The molecule has 0 saturated heterocycles. The second-order valence-electron chi connectivity index (χ2n) is 5.56. The molecule has 0 amide bonds. The Kier molecular flexibility index (Phi) is 9.59. The summed E-state index contributed by atoms with van der Waals surface area (Å²) in [5.74, 6) is 0. The maximum absolute atomic E-state index is 2.43. The molecule has 0 aliphatic heterocycles. The van der Waals surface area contributed by atoms with Crippen LogP contribution in [-0.2, 0) is 0 Å². The first-order chi connectivity index (χ1) is 8.38. The molecular weight excluding hydrogens is 226 g/mol. The predicted octanol–water partition coefficient (Wildman–Crippen LogP) is 0.515. The SMILES string of the molecule is CCN(CN(C)C)CN(C)CN(CC)CN(C)C. The third-order valence-electron chi connectivity index (χ3n) is 2.74. The maximum Gasteiger partial charge on any atom is 0.0526 e. The first-order valence-electron chi connectivity index (χ1n) is 6.81. The molecule has 0 radical (unpaired) electrons. The molecule has 110 valence electrons. The highest BCUT2D eigenvalue weighted by atomic mass is 15.4. The highest BCUT2D eigenvalue weighted by Crippen LogP contribution is 1.97. The lowest BCUT2D eigenvalue weighted by molar-refractivity contribution is 0.0539. The zero-order valence-corrected chi connectivity index (χ0v) is 13.5. The van der Waals surface area contributed by atoms with Gasteiger partial charge in [-0.3, -0.25) is 24.5 Å². The van der Waals surface area contributed by atoms with Gasteiger partial charge >= 0.3 is 0 Å². The van der Waals surface area contributed by atoms with Gasteiger partial charge in [-0.2, -0.15) is 0 Å². The van der Waals surface area contributed by atoms with E-state index in [0.29, 0.717) is 0 Å². The standard InChI is InChI=1S/C13H33N5/c1-8-17(10-14(3)4)12-16(7)13-18(9-2)11-15(5)6/h8-13H2,1-7H3. The maximum atomic E-state index is 2.43. The lowest BCUT2D eigenvalue weighted by Gasteiger charge is -2.33. The molecule has 0 atom stereocenters. The molecule has 18 heavy (non-hydrogen) atoms. The smallest absolute Gasteiger partial charge is 0.0526 e. The van der Waals surface area contributed by atoms with E-state index in [9.17, 15) is 0 Å². The van der Waals surface area contributed by atoms with Gasteiger partial charge in [-0.1, -0.05) is 13.8 Å². The number of hydrogen-bond acceptors (Lipinski definition) is 5. The van der Waals surface area contributed by atoms with E-state index in [1.165, 1.54) is 0 Å². The minimum atomic E-state index is 1.01. The molecule has 0 spiro atoms. The Morgan fingerprint density at radius 1 is 0.556 bits per heavy atom. The van der Waals surface area contributed by atoms with Crippen LogP contribution in [0.15, 0.2) is 0 Å². The Morgan fingerprint density at radius 3 is 1.11 bits per heavy atom. The van der Waals surface area contributed by atoms with Gasteiger partial charge in [-0.25, -0.2) is 0 Å². The Hall–Kier alpha value is -0.200. The molecule has 5 nitrogen and oxygen atoms in total. The van der Waals surface area contributed by atoms with Crippen LogP contribution in [0.25, 0.3) is 0 Å². The van der Waals surface area contributed by atoms with E-state index in [2.05, 4.69) is 73.6 Å². The summed E-state index contributed by atoms with van der Waals surface area (Å²) in [6.07, 6.45) is 0. The first kappa shape index (κ1) is 17.8. The van der Waals surface area contributed by atoms with Gasteiger partial charge in [-0.05, 0) is 48.3 Å².